The molecular weight excluding hydrogens is 303 g/mol. The molecule has 0 saturated heterocycles. The first-order chi connectivity index (χ1) is 11.6. The Morgan fingerprint density at radius 2 is 2.04 bits per heavy atom. The fraction of sp³-hybridized carbons (Fsp3) is 0.550. The zero-order valence-corrected chi connectivity index (χ0v) is 14.6. The summed E-state index contributed by atoms with van der Waals surface area (Å²) in [5, 5.41) is 1.75. The van der Waals surface area contributed by atoms with Crippen molar-refractivity contribution >= 4 is 10.8 Å². The summed E-state index contributed by atoms with van der Waals surface area (Å²) < 4.78 is 20.3. The van der Waals surface area contributed by atoms with Gasteiger partial charge in [-0.3, -0.25) is 4.98 Å². The molecule has 1 aliphatic carbocycles. The summed E-state index contributed by atoms with van der Waals surface area (Å²) in [5.74, 6) is 0.0376. The minimum Gasteiger partial charge on any atom is -0.487 e. The average molecular weight is 330 g/mol. The number of hydrogen-bond donors (Lipinski definition) is 1. The number of halogens is 1. The van der Waals surface area contributed by atoms with E-state index in [4.69, 9.17) is 10.5 Å². The van der Waals surface area contributed by atoms with E-state index in [9.17, 15) is 4.39 Å². The third-order valence-corrected chi connectivity index (χ3v) is 5.84. The van der Waals surface area contributed by atoms with Crippen LogP contribution in [0.4, 0.5) is 4.39 Å². The van der Waals surface area contributed by atoms with Crippen LogP contribution >= 0.6 is 0 Å². The molecule has 1 atom stereocenters. The molecule has 3 rings (SSSR count). The Hall–Kier alpha value is -1.68. The number of nitrogens with two attached hydrogens (primary N) is 1. The van der Waals surface area contributed by atoms with Gasteiger partial charge in [-0.1, -0.05) is 13.8 Å². The van der Waals surface area contributed by atoms with Crippen LogP contribution in [0.1, 0.15) is 52.4 Å². The number of ether oxygens (including phenoxy) is 1. The Balaban J connectivity index is 1.71. The third kappa shape index (κ3) is 3.25. The van der Waals surface area contributed by atoms with Gasteiger partial charge in [0.25, 0.3) is 0 Å². The van der Waals surface area contributed by atoms with Gasteiger partial charge in [-0.15, -0.1) is 0 Å². The lowest BCUT2D eigenvalue weighted by molar-refractivity contribution is 0.0549. The van der Waals surface area contributed by atoms with Crippen molar-refractivity contribution in [3.05, 3.63) is 36.4 Å². The lowest BCUT2D eigenvalue weighted by Crippen LogP contribution is -2.45. The van der Waals surface area contributed by atoms with Crippen molar-refractivity contribution in [2.75, 3.05) is 0 Å². The lowest BCUT2D eigenvalue weighted by Gasteiger charge is -2.43. The van der Waals surface area contributed by atoms with Gasteiger partial charge in [0, 0.05) is 23.8 Å². The maximum absolute atomic E-state index is 14.3. The molecule has 1 heterocycles. The molecule has 0 radical (unpaired) electrons. The molecule has 1 aromatic carbocycles. The third-order valence-electron chi connectivity index (χ3n) is 5.84. The van der Waals surface area contributed by atoms with E-state index in [1.807, 2.05) is 6.07 Å². The number of rotatable bonds is 5. The summed E-state index contributed by atoms with van der Waals surface area (Å²) in [6.07, 6.45) is 9.56. The van der Waals surface area contributed by atoms with Crippen LogP contribution < -0.4 is 10.5 Å². The fourth-order valence-electron chi connectivity index (χ4n) is 4.06. The largest absolute Gasteiger partial charge is 0.487 e. The van der Waals surface area contributed by atoms with Crippen LogP contribution in [0.5, 0.6) is 5.75 Å². The summed E-state index contributed by atoms with van der Waals surface area (Å²) in [6.45, 7) is 4.39. The molecule has 1 saturated carbocycles. The molecule has 0 aliphatic heterocycles. The number of benzene rings is 1. The van der Waals surface area contributed by atoms with E-state index in [2.05, 4.69) is 18.8 Å². The van der Waals surface area contributed by atoms with Gasteiger partial charge in [-0.2, -0.15) is 0 Å². The number of hydrogen-bond acceptors (Lipinski definition) is 3. The molecule has 0 amide bonds. The van der Waals surface area contributed by atoms with E-state index in [0.29, 0.717) is 5.75 Å². The summed E-state index contributed by atoms with van der Waals surface area (Å²) in [5.41, 5.74) is 6.60. The predicted molar refractivity (Wildman–Crippen MR) is 95.6 cm³/mol. The van der Waals surface area contributed by atoms with Crippen LogP contribution in [0.25, 0.3) is 10.8 Å². The lowest BCUT2D eigenvalue weighted by atomic mass is 9.66. The normalized spacial score (nSPS) is 25.6. The molecule has 0 spiro atoms. The summed E-state index contributed by atoms with van der Waals surface area (Å²) in [7, 11) is 0. The maximum atomic E-state index is 14.3. The van der Waals surface area contributed by atoms with Crippen LogP contribution in [-0.4, -0.2) is 17.1 Å². The van der Waals surface area contributed by atoms with E-state index < -0.39 is 0 Å². The predicted octanol–water partition coefficient (Wildman–Crippen LogP) is 4.83. The Morgan fingerprint density at radius 1 is 1.29 bits per heavy atom. The number of nitrogens with zero attached hydrogens (tertiary/aromatic N) is 1. The van der Waals surface area contributed by atoms with E-state index in [1.165, 1.54) is 6.07 Å². The van der Waals surface area contributed by atoms with Crippen molar-refractivity contribution in [3.63, 3.8) is 0 Å². The van der Waals surface area contributed by atoms with Gasteiger partial charge in [0.15, 0.2) is 11.6 Å². The first kappa shape index (κ1) is 17.2. The zero-order chi connectivity index (χ0) is 17.2. The number of pyridine rings is 1. The minimum absolute atomic E-state index is 0.0718. The summed E-state index contributed by atoms with van der Waals surface area (Å²) in [6, 6.07) is 5.41. The van der Waals surface area contributed by atoms with Crippen molar-refractivity contribution in [3.8, 4) is 5.75 Å². The Morgan fingerprint density at radius 3 is 2.71 bits per heavy atom. The minimum atomic E-state index is -0.312. The molecule has 1 unspecified atom stereocenters. The van der Waals surface area contributed by atoms with E-state index in [1.54, 1.807) is 18.5 Å². The van der Waals surface area contributed by atoms with Gasteiger partial charge >= 0.3 is 0 Å². The van der Waals surface area contributed by atoms with Gasteiger partial charge in [0.05, 0.1) is 6.10 Å². The van der Waals surface area contributed by atoms with Crippen molar-refractivity contribution < 1.29 is 9.13 Å². The number of fused-ring (bicyclic) bond motifs is 1. The summed E-state index contributed by atoms with van der Waals surface area (Å²) in [4.78, 5) is 4.03. The highest BCUT2D eigenvalue weighted by atomic mass is 19.1. The molecule has 4 heteroatoms. The van der Waals surface area contributed by atoms with Gasteiger partial charge in [-0.05, 0) is 67.5 Å². The van der Waals surface area contributed by atoms with E-state index in [-0.39, 0.29) is 23.4 Å². The Labute approximate surface area is 143 Å². The van der Waals surface area contributed by atoms with Crippen LogP contribution in [0.15, 0.2) is 30.6 Å². The van der Waals surface area contributed by atoms with E-state index in [0.717, 1.165) is 49.3 Å². The topological polar surface area (TPSA) is 48.1 Å². The maximum Gasteiger partial charge on any atom is 0.165 e. The van der Waals surface area contributed by atoms with Crippen molar-refractivity contribution in [2.45, 2.75) is 64.5 Å². The van der Waals surface area contributed by atoms with Crippen molar-refractivity contribution in [1.29, 1.82) is 0 Å². The van der Waals surface area contributed by atoms with Crippen LogP contribution in [0.2, 0.25) is 0 Å². The molecule has 3 nitrogen and oxygen atoms in total. The summed E-state index contributed by atoms with van der Waals surface area (Å²) >= 11 is 0. The molecule has 0 bridgehead atoms. The second kappa shape index (κ2) is 7.06. The molecule has 1 aliphatic rings. The smallest absolute Gasteiger partial charge is 0.165 e. The number of aromatic nitrogens is 1. The molecule has 2 aromatic rings. The molecular formula is C20H27FN2O. The monoisotopic (exact) mass is 330 g/mol. The highest BCUT2D eigenvalue weighted by Gasteiger charge is 2.38. The Kier molecular flexibility index (Phi) is 5.04. The fourth-order valence-corrected chi connectivity index (χ4v) is 4.06. The van der Waals surface area contributed by atoms with Gasteiger partial charge in [0.2, 0.25) is 0 Å². The second-order valence-corrected chi connectivity index (χ2v) is 7.05. The first-order valence-electron chi connectivity index (χ1n) is 9.03. The Bertz CT molecular complexity index is 695. The van der Waals surface area contributed by atoms with Gasteiger partial charge < -0.3 is 10.5 Å². The zero-order valence-electron chi connectivity index (χ0n) is 14.6. The molecule has 130 valence electrons. The highest BCUT2D eigenvalue weighted by molar-refractivity contribution is 5.83. The molecule has 1 aromatic heterocycles. The highest BCUT2D eigenvalue weighted by Crippen LogP contribution is 2.43. The molecule has 2 N–H and O–H groups in total. The van der Waals surface area contributed by atoms with Crippen LogP contribution in [0, 0.1) is 11.2 Å². The quantitative estimate of drug-likeness (QED) is 0.854. The van der Waals surface area contributed by atoms with Crippen molar-refractivity contribution in [1.82, 2.24) is 4.98 Å². The SMILES string of the molecule is CCC(N)C1(CC)CCC(Oc2cc3ccncc3cc2F)CC1. The average Bonchev–Trinajstić information content (AvgIpc) is 2.62. The molecule has 1 fully saturated rings. The first-order valence-corrected chi connectivity index (χ1v) is 9.03. The van der Waals surface area contributed by atoms with Crippen LogP contribution in [-0.2, 0) is 0 Å². The van der Waals surface area contributed by atoms with Crippen LogP contribution in [0.3, 0.4) is 0 Å². The second-order valence-electron chi connectivity index (χ2n) is 7.05. The van der Waals surface area contributed by atoms with Gasteiger partial charge in [0.1, 0.15) is 0 Å². The van der Waals surface area contributed by atoms with E-state index >= 15 is 0 Å². The van der Waals surface area contributed by atoms with Gasteiger partial charge in [-0.25, -0.2) is 4.39 Å². The standard InChI is InChI=1S/C20H27FN2O/c1-3-19(22)20(4-2)8-5-16(6-9-20)24-18-12-14-7-10-23-13-15(14)11-17(18)21/h7,10-13,16,19H,3-6,8-9,22H2,1-2H3. The molecule has 24 heavy (non-hydrogen) atoms. The van der Waals surface area contributed by atoms with Crippen molar-refractivity contribution in [2.24, 2.45) is 11.1 Å².